The highest BCUT2D eigenvalue weighted by Gasteiger charge is 2.26. The molecule has 0 saturated heterocycles. The van der Waals surface area contributed by atoms with Gasteiger partial charge >= 0.3 is 0 Å². The maximum atomic E-state index is 5.10. The fourth-order valence-electron chi connectivity index (χ4n) is 7.07. The Kier molecular flexibility index (Phi) is 7.05. The molecule has 0 aliphatic carbocycles. The van der Waals surface area contributed by atoms with E-state index in [9.17, 15) is 0 Å². The maximum Gasteiger partial charge on any atom is 0.124 e. The topological polar surface area (TPSA) is 32.3 Å². The number of hydrogen-bond donors (Lipinski definition) is 0. The zero-order valence-corrected chi connectivity index (χ0v) is 30.7. The molecule has 0 atom stereocenters. The molecule has 0 bridgehead atoms. The van der Waals surface area contributed by atoms with E-state index in [4.69, 9.17) is 9.97 Å². The Hall–Kier alpha value is -5.38. The van der Waals surface area contributed by atoms with Gasteiger partial charge in [-0.25, -0.2) is 9.97 Å². The summed E-state index contributed by atoms with van der Waals surface area (Å²) in [6.07, 6.45) is 0. The summed E-state index contributed by atoms with van der Waals surface area (Å²) in [6.45, 7) is 0. The Labute approximate surface area is 317 Å². The minimum absolute atomic E-state index is 1.01. The molecule has 8 heteroatoms. The van der Waals surface area contributed by atoms with Crippen molar-refractivity contribution in [1.82, 2.24) is 9.97 Å². The first kappa shape index (κ1) is 30.3. The third-order valence-corrected chi connectivity index (χ3v) is 13.9. The van der Waals surface area contributed by atoms with Crippen LogP contribution in [0.15, 0.2) is 177 Å². The second-order valence-electron chi connectivity index (χ2n) is 12.7. The Morgan fingerprint density at radius 1 is 0.365 bits per heavy atom. The van der Waals surface area contributed by atoms with Gasteiger partial charge in [-0.1, -0.05) is 72.1 Å². The zero-order chi connectivity index (χ0) is 34.2. The van der Waals surface area contributed by atoms with Crippen molar-refractivity contribution in [2.24, 2.45) is 0 Å². The molecule has 0 saturated carbocycles. The third kappa shape index (κ3) is 4.98. The van der Waals surface area contributed by atoms with Crippen LogP contribution in [0.4, 0.5) is 34.1 Å². The van der Waals surface area contributed by atoms with E-state index in [1.54, 1.807) is 22.7 Å². The van der Waals surface area contributed by atoms with E-state index in [-0.39, 0.29) is 0 Å². The third-order valence-electron chi connectivity index (χ3n) is 9.51. The minimum atomic E-state index is 1.01. The van der Waals surface area contributed by atoms with Crippen LogP contribution in [0.3, 0.4) is 0 Å². The van der Waals surface area contributed by atoms with Crippen molar-refractivity contribution in [1.29, 1.82) is 0 Å². The van der Waals surface area contributed by atoms with Gasteiger partial charge in [0.1, 0.15) is 10.0 Å². The van der Waals surface area contributed by atoms with E-state index in [1.807, 2.05) is 23.5 Å². The van der Waals surface area contributed by atoms with Crippen molar-refractivity contribution in [2.45, 2.75) is 19.6 Å². The van der Waals surface area contributed by atoms with Gasteiger partial charge in [-0.15, -0.1) is 22.7 Å². The number of aromatic nitrogens is 2. The SMILES string of the molecule is c1ccc2c(c1)Sc1ccccc1N2c1ccc(-c2nc3cc4sc(-c5ccc(N6c7ccccc7Sc7ccccc76)cc5)nc4cc3s2)cc1. The first-order valence-corrected chi connectivity index (χ1v) is 20.2. The predicted octanol–water partition coefficient (Wildman–Crippen LogP) is 14.1. The fraction of sp³-hybridized carbons (Fsp3) is 0. The van der Waals surface area contributed by atoms with Gasteiger partial charge in [0.05, 0.1) is 43.2 Å². The Morgan fingerprint density at radius 3 is 1.04 bits per heavy atom. The van der Waals surface area contributed by atoms with Crippen LogP contribution in [0.1, 0.15) is 0 Å². The average Bonchev–Trinajstić information content (AvgIpc) is 3.82. The van der Waals surface area contributed by atoms with Crippen LogP contribution in [0.25, 0.3) is 41.6 Å². The summed E-state index contributed by atoms with van der Waals surface area (Å²) in [7, 11) is 0. The predicted molar refractivity (Wildman–Crippen MR) is 221 cm³/mol. The smallest absolute Gasteiger partial charge is 0.124 e. The molecule has 7 aromatic carbocycles. The van der Waals surface area contributed by atoms with Crippen LogP contribution in [0, 0.1) is 0 Å². The van der Waals surface area contributed by atoms with Gasteiger partial charge in [-0.05, 0) is 109 Å². The highest BCUT2D eigenvalue weighted by atomic mass is 32.2. The molecule has 0 unspecified atom stereocenters. The van der Waals surface area contributed by atoms with Crippen molar-refractivity contribution in [3.05, 3.63) is 158 Å². The first-order chi connectivity index (χ1) is 25.7. The standard InChI is InChI=1S/C44H26N4S4/c1-5-13-37-33(9-1)47(34-10-2-6-14-38(34)49-37)29-21-17-27(18-22-29)43-45-31-25-42-32(26-41(31)51-43)46-44(52-42)28-19-23-30(24-20-28)48-35-11-3-7-15-39(35)50-40-16-8-4-12-36(40)48/h1-26H. The Balaban J connectivity index is 0.885. The molecule has 0 fully saturated rings. The number of benzene rings is 7. The van der Waals surface area contributed by atoms with Gasteiger partial charge in [-0.2, -0.15) is 0 Å². The van der Waals surface area contributed by atoms with E-state index < -0.39 is 0 Å². The summed E-state index contributed by atoms with van der Waals surface area (Å²) < 4.78 is 2.30. The molecule has 2 aliphatic heterocycles. The lowest BCUT2D eigenvalue weighted by Crippen LogP contribution is -2.14. The molecular weight excluding hydrogens is 713 g/mol. The van der Waals surface area contributed by atoms with Crippen LogP contribution >= 0.6 is 46.2 Å². The summed E-state index contributed by atoms with van der Waals surface area (Å²) >= 11 is 7.11. The molecule has 4 heterocycles. The quantitative estimate of drug-likeness (QED) is 0.179. The van der Waals surface area contributed by atoms with Crippen LogP contribution in [-0.4, -0.2) is 9.97 Å². The first-order valence-electron chi connectivity index (χ1n) is 17.0. The van der Waals surface area contributed by atoms with Crippen LogP contribution < -0.4 is 9.80 Å². The lowest BCUT2D eigenvalue weighted by Gasteiger charge is -2.32. The largest absolute Gasteiger partial charge is 0.308 e. The minimum Gasteiger partial charge on any atom is -0.308 e. The lowest BCUT2D eigenvalue weighted by molar-refractivity contribution is 1.17. The normalized spacial score (nSPS) is 13.2. The number of para-hydroxylation sites is 4. The van der Waals surface area contributed by atoms with Gasteiger partial charge in [0, 0.05) is 42.1 Å². The number of rotatable bonds is 4. The number of fused-ring (bicyclic) bond motifs is 6. The van der Waals surface area contributed by atoms with Crippen molar-refractivity contribution < 1.29 is 0 Å². The van der Waals surface area contributed by atoms with Crippen LogP contribution in [0.2, 0.25) is 0 Å². The van der Waals surface area contributed by atoms with Gasteiger partial charge < -0.3 is 9.80 Å². The summed E-state index contributed by atoms with van der Waals surface area (Å²) in [5.41, 5.74) is 11.4. The monoisotopic (exact) mass is 738 g/mol. The Morgan fingerprint density at radius 2 is 0.692 bits per heavy atom. The molecule has 52 heavy (non-hydrogen) atoms. The van der Waals surface area contributed by atoms with Gasteiger partial charge in [0.2, 0.25) is 0 Å². The molecule has 0 radical (unpaired) electrons. The van der Waals surface area contributed by atoms with Crippen molar-refractivity contribution in [3.8, 4) is 21.1 Å². The van der Waals surface area contributed by atoms with Gasteiger partial charge in [0.25, 0.3) is 0 Å². The second kappa shape index (κ2) is 12.1. The highest BCUT2D eigenvalue weighted by Crippen LogP contribution is 2.53. The average molecular weight is 739 g/mol. The number of hydrogen-bond acceptors (Lipinski definition) is 8. The molecule has 2 aliphatic rings. The van der Waals surface area contributed by atoms with Crippen molar-refractivity contribution in [3.63, 3.8) is 0 Å². The molecule has 4 nitrogen and oxygen atoms in total. The fourth-order valence-corrected chi connectivity index (χ4v) is 11.2. The van der Waals surface area contributed by atoms with E-state index in [2.05, 4.69) is 168 Å². The molecule has 0 N–H and O–H groups in total. The van der Waals surface area contributed by atoms with E-state index in [1.165, 1.54) is 42.3 Å². The van der Waals surface area contributed by atoms with Crippen LogP contribution in [0.5, 0.6) is 0 Å². The summed E-state index contributed by atoms with van der Waals surface area (Å²) in [5, 5.41) is 2.04. The van der Waals surface area contributed by atoms with Crippen molar-refractivity contribution >= 4 is 101 Å². The van der Waals surface area contributed by atoms with Crippen molar-refractivity contribution in [2.75, 3.05) is 9.80 Å². The number of thiazole rings is 2. The summed E-state index contributed by atoms with van der Waals surface area (Å²) in [4.78, 5) is 20.0. The summed E-state index contributed by atoms with van der Waals surface area (Å²) in [6, 6.07) is 56.5. The van der Waals surface area contributed by atoms with E-state index >= 15 is 0 Å². The molecule has 9 aromatic rings. The molecule has 0 amide bonds. The van der Waals surface area contributed by atoms with E-state index in [0.29, 0.717) is 0 Å². The zero-order valence-electron chi connectivity index (χ0n) is 27.4. The molecule has 11 rings (SSSR count). The second-order valence-corrected chi connectivity index (χ2v) is 16.9. The Bertz CT molecular complexity index is 2490. The maximum absolute atomic E-state index is 5.10. The van der Waals surface area contributed by atoms with E-state index in [0.717, 1.165) is 53.0 Å². The molecular formula is C44H26N4S4. The molecule has 246 valence electrons. The highest BCUT2D eigenvalue weighted by molar-refractivity contribution is 8.00. The molecule has 2 aromatic heterocycles. The molecule has 0 spiro atoms. The summed E-state index contributed by atoms with van der Waals surface area (Å²) in [5.74, 6) is 0. The van der Waals surface area contributed by atoms with Crippen LogP contribution in [-0.2, 0) is 0 Å². The number of nitrogens with zero attached hydrogens (tertiary/aromatic N) is 4. The van der Waals surface area contributed by atoms with Gasteiger partial charge in [0.15, 0.2) is 0 Å². The lowest BCUT2D eigenvalue weighted by atomic mass is 10.1. The number of anilines is 6. The van der Waals surface area contributed by atoms with Gasteiger partial charge in [-0.3, -0.25) is 0 Å².